The molecule has 1 aliphatic rings. The molecule has 3 aromatic rings. The van der Waals surface area contributed by atoms with E-state index in [9.17, 15) is 5.11 Å². The second-order valence-electron chi connectivity index (χ2n) is 6.48. The molecule has 0 spiro atoms. The van der Waals surface area contributed by atoms with Crippen molar-refractivity contribution in [3.8, 4) is 11.4 Å². The van der Waals surface area contributed by atoms with Gasteiger partial charge >= 0.3 is 0 Å². The highest BCUT2D eigenvalue weighted by Gasteiger charge is 2.23. The van der Waals surface area contributed by atoms with Crippen molar-refractivity contribution >= 4 is 39.1 Å². The Kier molecular flexibility index (Phi) is 5.38. The molecule has 2 N–H and O–H groups in total. The maximum absolute atomic E-state index is 9.41. The number of thiophene rings is 1. The van der Waals surface area contributed by atoms with Crippen LogP contribution in [0.2, 0.25) is 0 Å². The number of thioether (sulfide) groups is 1. The minimum Gasteiger partial charge on any atom is -0.396 e. The Morgan fingerprint density at radius 1 is 1.35 bits per heavy atom. The van der Waals surface area contributed by atoms with Gasteiger partial charge in [0, 0.05) is 41.2 Å². The molecule has 0 bridgehead atoms. The highest BCUT2D eigenvalue weighted by molar-refractivity contribution is 7.98. The molecule has 1 aliphatic carbocycles. The lowest BCUT2D eigenvalue weighted by atomic mass is 10.1. The second-order valence-corrected chi connectivity index (χ2v) is 8.48. The molecule has 0 amide bonds. The predicted molar refractivity (Wildman–Crippen MR) is 110 cm³/mol. The lowest BCUT2D eigenvalue weighted by Crippen LogP contribution is -2.24. The van der Waals surface area contributed by atoms with E-state index in [0.717, 1.165) is 34.8 Å². The molecule has 26 heavy (non-hydrogen) atoms. The van der Waals surface area contributed by atoms with Crippen LogP contribution in [0.5, 0.6) is 0 Å². The number of rotatable bonds is 7. The summed E-state index contributed by atoms with van der Waals surface area (Å²) in [6.07, 6.45) is 9.82. The van der Waals surface area contributed by atoms with Crippen molar-refractivity contribution in [2.24, 2.45) is 0 Å². The third-order valence-corrected chi connectivity index (χ3v) is 6.59. The summed E-state index contributed by atoms with van der Waals surface area (Å²) in [5, 5.41) is 14.2. The summed E-state index contributed by atoms with van der Waals surface area (Å²) in [5.41, 5.74) is 2.34. The van der Waals surface area contributed by atoms with Crippen molar-refractivity contribution < 1.29 is 5.11 Å². The summed E-state index contributed by atoms with van der Waals surface area (Å²) in [7, 11) is 0. The second kappa shape index (κ2) is 7.90. The van der Waals surface area contributed by atoms with Crippen LogP contribution in [0.3, 0.4) is 0 Å². The number of aromatic nitrogens is 3. The smallest absolute Gasteiger partial charge is 0.164 e. The van der Waals surface area contributed by atoms with Gasteiger partial charge in [0.25, 0.3) is 0 Å². The van der Waals surface area contributed by atoms with Gasteiger partial charge < -0.3 is 10.4 Å². The number of aryl methyl sites for hydroxylation is 2. The molecule has 5 nitrogen and oxygen atoms in total. The van der Waals surface area contributed by atoms with Gasteiger partial charge in [-0.3, -0.25) is 4.98 Å². The van der Waals surface area contributed by atoms with Gasteiger partial charge in [0.05, 0.1) is 5.39 Å². The van der Waals surface area contributed by atoms with Gasteiger partial charge in [-0.1, -0.05) is 0 Å². The number of nitrogens with zero attached hydrogens (tertiary/aromatic N) is 3. The Morgan fingerprint density at radius 2 is 2.27 bits per heavy atom. The first-order valence-corrected chi connectivity index (χ1v) is 11.1. The Morgan fingerprint density at radius 3 is 3.04 bits per heavy atom. The van der Waals surface area contributed by atoms with E-state index in [0.29, 0.717) is 12.2 Å². The van der Waals surface area contributed by atoms with Crippen LogP contribution in [0.25, 0.3) is 21.6 Å². The first-order chi connectivity index (χ1) is 12.8. The van der Waals surface area contributed by atoms with Crippen LogP contribution in [0.4, 0.5) is 5.82 Å². The van der Waals surface area contributed by atoms with Gasteiger partial charge in [0.2, 0.25) is 0 Å². The van der Waals surface area contributed by atoms with E-state index < -0.39 is 0 Å². The summed E-state index contributed by atoms with van der Waals surface area (Å²) < 4.78 is 0. The number of nitrogens with one attached hydrogen (secondary N) is 1. The van der Waals surface area contributed by atoms with E-state index in [4.69, 9.17) is 9.97 Å². The Labute approximate surface area is 161 Å². The van der Waals surface area contributed by atoms with E-state index >= 15 is 0 Å². The fourth-order valence-electron chi connectivity index (χ4n) is 3.47. The highest BCUT2D eigenvalue weighted by atomic mass is 32.2. The molecule has 1 unspecified atom stereocenters. The van der Waals surface area contributed by atoms with Gasteiger partial charge in [-0.05, 0) is 49.6 Å². The first kappa shape index (κ1) is 17.7. The molecule has 0 saturated heterocycles. The lowest BCUT2D eigenvalue weighted by Gasteiger charge is -2.19. The van der Waals surface area contributed by atoms with Gasteiger partial charge in [-0.2, -0.15) is 11.8 Å². The number of hydrogen-bond donors (Lipinski definition) is 2. The SMILES string of the molecule is CSCC(CCO)Nc1nc(-c2cccnc2)nc2sc3c(c12)CCC3. The van der Waals surface area contributed by atoms with Crippen LogP contribution in [0.15, 0.2) is 24.5 Å². The number of aliphatic hydroxyl groups is 1. The zero-order valence-electron chi connectivity index (χ0n) is 14.7. The van der Waals surface area contributed by atoms with Crippen molar-refractivity contribution in [2.75, 3.05) is 23.9 Å². The number of fused-ring (bicyclic) bond motifs is 3. The number of aliphatic hydroxyl groups excluding tert-OH is 1. The van der Waals surface area contributed by atoms with Gasteiger partial charge in [0.1, 0.15) is 10.6 Å². The first-order valence-electron chi connectivity index (χ1n) is 8.89. The zero-order chi connectivity index (χ0) is 17.9. The lowest BCUT2D eigenvalue weighted by molar-refractivity contribution is 0.282. The number of anilines is 1. The van der Waals surface area contributed by atoms with Crippen LogP contribution in [0, 0.1) is 0 Å². The van der Waals surface area contributed by atoms with E-state index in [1.807, 2.05) is 12.1 Å². The molecule has 3 heterocycles. The van der Waals surface area contributed by atoms with Gasteiger partial charge in [-0.25, -0.2) is 9.97 Å². The van der Waals surface area contributed by atoms with E-state index in [2.05, 4.69) is 16.6 Å². The molecular formula is C19H22N4OS2. The Balaban J connectivity index is 1.82. The van der Waals surface area contributed by atoms with Crippen LogP contribution in [-0.2, 0) is 12.8 Å². The summed E-state index contributed by atoms with van der Waals surface area (Å²) in [6, 6.07) is 4.09. The van der Waals surface area contributed by atoms with Crippen LogP contribution in [-0.4, -0.2) is 44.7 Å². The van der Waals surface area contributed by atoms with Crippen molar-refractivity contribution in [3.05, 3.63) is 35.0 Å². The predicted octanol–water partition coefficient (Wildman–Crippen LogP) is 3.77. The molecule has 3 aromatic heterocycles. The molecular weight excluding hydrogens is 364 g/mol. The zero-order valence-corrected chi connectivity index (χ0v) is 16.4. The molecule has 0 aliphatic heterocycles. The third-order valence-electron chi connectivity index (χ3n) is 4.67. The molecule has 0 radical (unpaired) electrons. The quantitative estimate of drug-likeness (QED) is 0.644. The van der Waals surface area contributed by atoms with Gasteiger partial charge in [0.15, 0.2) is 5.82 Å². The normalized spacial score (nSPS) is 14.5. The minimum atomic E-state index is 0.170. The summed E-state index contributed by atoms with van der Waals surface area (Å²) >= 11 is 3.58. The van der Waals surface area contributed by atoms with Crippen molar-refractivity contribution in [3.63, 3.8) is 0 Å². The molecule has 1 atom stereocenters. The van der Waals surface area contributed by atoms with E-state index in [1.165, 1.54) is 22.2 Å². The standard InChI is InChI=1S/C19H22N4OS2/c1-25-11-13(7-9-24)21-18-16-14-5-2-6-15(14)26-19(16)23-17(22-18)12-4-3-8-20-10-12/h3-4,8,10,13,24H,2,5-7,9,11H2,1H3,(H,21,22,23). The number of pyridine rings is 1. The molecule has 0 fully saturated rings. The largest absolute Gasteiger partial charge is 0.396 e. The molecule has 7 heteroatoms. The third kappa shape index (κ3) is 3.43. The molecule has 136 valence electrons. The molecule has 4 rings (SSSR count). The fraction of sp³-hybridized carbons (Fsp3) is 0.421. The molecule has 0 saturated carbocycles. The van der Waals surface area contributed by atoms with Crippen molar-refractivity contribution in [1.29, 1.82) is 0 Å². The summed E-state index contributed by atoms with van der Waals surface area (Å²) in [4.78, 5) is 16.4. The maximum atomic E-state index is 9.41. The Hall–Kier alpha value is -1.70. The Bertz CT molecular complexity index is 891. The minimum absolute atomic E-state index is 0.170. The fourth-order valence-corrected chi connectivity index (χ4v) is 5.39. The highest BCUT2D eigenvalue weighted by Crippen LogP contribution is 2.40. The number of hydrogen-bond acceptors (Lipinski definition) is 7. The van der Waals surface area contributed by atoms with Crippen LogP contribution >= 0.6 is 23.1 Å². The van der Waals surface area contributed by atoms with E-state index in [-0.39, 0.29) is 12.6 Å². The maximum Gasteiger partial charge on any atom is 0.164 e. The van der Waals surface area contributed by atoms with Crippen LogP contribution in [0.1, 0.15) is 23.3 Å². The summed E-state index contributed by atoms with van der Waals surface area (Å²) in [5.74, 6) is 2.54. The average molecular weight is 387 g/mol. The van der Waals surface area contributed by atoms with Crippen molar-refractivity contribution in [2.45, 2.75) is 31.7 Å². The average Bonchev–Trinajstić information content (AvgIpc) is 3.23. The van der Waals surface area contributed by atoms with E-state index in [1.54, 1.807) is 35.5 Å². The van der Waals surface area contributed by atoms with Crippen LogP contribution < -0.4 is 5.32 Å². The monoisotopic (exact) mass is 386 g/mol. The van der Waals surface area contributed by atoms with Gasteiger partial charge in [-0.15, -0.1) is 11.3 Å². The topological polar surface area (TPSA) is 70.9 Å². The van der Waals surface area contributed by atoms with Crippen molar-refractivity contribution in [1.82, 2.24) is 15.0 Å². The summed E-state index contributed by atoms with van der Waals surface area (Å²) in [6.45, 7) is 0.170. The molecule has 0 aromatic carbocycles.